The number of phosphoric ester groups is 1. The Balaban J connectivity index is 0.00000576. The van der Waals surface area contributed by atoms with Crippen LogP contribution in [0.15, 0.2) is 11.1 Å². The van der Waals surface area contributed by atoms with Crippen LogP contribution in [-0.2, 0) is 31.6 Å². The van der Waals surface area contributed by atoms with Crippen molar-refractivity contribution in [3.63, 3.8) is 0 Å². The number of anilines is 1. The molecule has 1 aliphatic heterocycles. The Morgan fingerprint density at radius 3 is 2.74 bits per heavy atom. The van der Waals surface area contributed by atoms with Crippen LogP contribution in [0.25, 0.3) is 11.2 Å². The van der Waals surface area contributed by atoms with E-state index < -0.39 is 89.2 Å². The molecule has 0 aliphatic carbocycles. The van der Waals surface area contributed by atoms with Crippen molar-refractivity contribution >= 4 is 40.6 Å². The smallest absolute Gasteiger partial charge is 0.756 e. The summed E-state index contributed by atoms with van der Waals surface area (Å²) in [6, 6.07) is 0. The minimum atomic E-state index is -6.64. The summed E-state index contributed by atoms with van der Waals surface area (Å²) in [5.74, 6) is -1.19. The molecule has 1 saturated heterocycles. The van der Waals surface area contributed by atoms with E-state index in [-0.39, 0.29) is 47.3 Å². The van der Waals surface area contributed by atoms with Crippen molar-refractivity contribution in [3.8, 4) is 0 Å². The van der Waals surface area contributed by atoms with Crippen LogP contribution in [0.5, 0.6) is 0 Å². The van der Waals surface area contributed by atoms with E-state index >= 15 is 0 Å². The summed E-state index contributed by atoms with van der Waals surface area (Å²) in [6.45, 7) is -4.66. The molecule has 0 amide bonds. The van der Waals surface area contributed by atoms with Crippen LogP contribution in [-0.4, -0.2) is 70.0 Å². The van der Waals surface area contributed by atoms with Gasteiger partial charge in [-0.25, -0.2) is 18.2 Å². The Morgan fingerprint density at radius 2 is 2.12 bits per heavy atom. The van der Waals surface area contributed by atoms with Crippen molar-refractivity contribution < 1.29 is 113 Å². The fraction of sp³-hybridized carbons (Fsp3) is 0.500. The van der Waals surface area contributed by atoms with Crippen LogP contribution >= 0.6 is 23.5 Å². The number of ether oxygens (including phenoxy) is 1. The molecule has 0 spiro atoms. The Hall–Kier alpha value is -0.365. The number of imidazole rings is 1. The van der Waals surface area contributed by atoms with Crippen molar-refractivity contribution in [3.05, 3.63) is 16.7 Å². The minimum absolute atomic E-state index is 0. The summed E-state index contributed by atoms with van der Waals surface area (Å²) in [4.78, 5) is 48.6. The molecule has 3 heterocycles. The zero-order chi connectivity index (χ0) is 35.7. The molecule has 4 unspecified atom stereocenters. The van der Waals surface area contributed by atoms with E-state index in [9.17, 15) is 28.3 Å². The second kappa shape index (κ2) is 11.4. The van der Waals surface area contributed by atoms with Crippen molar-refractivity contribution in [2.75, 3.05) is 12.3 Å². The third-order valence-corrected chi connectivity index (χ3v) is 6.47. The van der Waals surface area contributed by atoms with Crippen LogP contribution in [0, 0.1) is 0 Å². The summed E-state index contributed by atoms with van der Waals surface area (Å²) in [6.07, 6.45) is -18.6. The molecular formula is C10H14Li2N5O14P3. The minimum Gasteiger partial charge on any atom is -0.756 e. The molecule has 0 bridgehead atoms. The summed E-state index contributed by atoms with van der Waals surface area (Å²) in [5.41, 5.74) is -4.21. The topological polar surface area (TPSA) is 305 Å². The molecule has 19 nitrogen and oxygen atoms in total. The first kappa shape index (κ1) is 15.8. The number of aromatic amines is 1. The van der Waals surface area contributed by atoms with Gasteiger partial charge in [-0.2, -0.15) is 4.98 Å². The first-order chi connectivity index (χ1) is 20.7. The first-order valence-electron chi connectivity index (χ1n) is 13.6. The number of hydrogen-bond acceptors (Lipinski definition) is 17. The average Bonchev–Trinajstić information content (AvgIpc) is 3.34. The van der Waals surface area contributed by atoms with E-state index in [0.717, 1.165) is 0 Å². The van der Waals surface area contributed by atoms with Gasteiger partial charge in [0, 0.05) is 0 Å². The van der Waals surface area contributed by atoms with Crippen LogP contribution in [0.4, 0.5) is 5.95 Å². The Kier molecular flexibility index (Phi) is 5.27. The maximum Gasteiger partial charge on any atom is 1.00 e. The number of aliphatic hydroxyl groups is 2. The maximum absolute atomic E-state index is 12.8. The monoisotopic (exact) mass is 554 g/mol. The second-order valence-electron chi connectivity index (χ2n) is 5.14. The van der Waals surface area contributed by atoms with Crippen molar-refractivity contribution in [1.82, 2.24) is 19.5 Å². The Morgan fingerprint density at radius 1 is 1.38 bits per heavy atom. The molecule has 1 aliphatic rings. The summed E-state index contributed by atoms with van der Waals surface area (Å²) in [7, 11) is -19.3. The third kappa shape index (κ3) is 7.57. The van der Waals surface area contributed by atoms with Gasteiger partial charge >= 0.3 is 45.5 Å². The van der Waals surface area contributed by atoms with E-state index in [1.165, 1.54) is 0 Å². The second-order valence-corrected chi connectivity index (χ2v) is 9.31. The molecule has 0 radical (unpaired) electrons. The van der Waals surface area contributed by atoms with E-state index in [4.69, 9.17) is 24.3 Å². The predicted molar refractivity (Wildman–Crippen MR) is 93.9 cm³/mol. The molecule has 34 heavy (non-hydrogen) atoms. The first-order valence-corrected chi connectivity index (χ1v) is 11.5. The SMILES string of the molecule is [2H]OC1([2H])[C@]([2H])([15n]2c([2H])[15n]c3c(=O)[15n]([2H])c([15N]([2H])[2H])[15n]c32)O[C@]([2H])(C([2H])([2H])OP(=O)(O[2H])OP(=O)([O-])OP(=O)([O-])O[2H])[C@@]1([2H])O[2H].[Li+].[Li+]. The molecular weight excluding hydrogens is 526 g/mol. The predicted octanol–water partition coefficient (Wildman–Crippen LogP) is -9.59. The van der Waals surface area contributed by atoms with E-state index in [1.807, 2.05) is 0 Å². The van der Waals surface area contributed by atoms with Gasteiger partial charge in [0.05, 0.1) is 21.1 Å². The molecule has 7 N–H and O–H groups in total. The number of rotatable bonds is 13. The van der Waals surface area contributed by atoms with Gasteiger partial charge in [-0.15, -0.1) is 0 Å². The largest absolute Gasteiger partial charge is 1.00 e. The average molecular weight is 554 g/mol. The zero-order valence-electron chi connectivity index (χ0n) is 30.3. The number of fused-ring (bicyclic) bond motifs is 1. The Labute approximate surface area is 232 Å². The number of nitrogens with zero attached hydrogens (tertiary/aromatic N) is 3. The number of nitrogens with one attached hydrogen (secondary N) is 1. The molecule has 0 aromatic carbocycles. The van der Waals surface area contributed by atoms with Crippen molar-refractivity contribution in [2.45, 2.75) is 24.4 Å². The molecule has 0 saturated carbocycles. The van der Waals surface area contributed by atoms with E-state index in [0.29, 0.717) is 0 Å². The van der Waals surface area contributed by atoms with Crippen LogP contribution in [0.3, 0.4) is 0 Å². The number of nitrogens with two attached hydrogens (primary N) is 1. The summed E-state index contributed by atoms with van der Waals surface area (Å²) in [5, 5.41) is 8.02. The van der Waals surface area contributed by atoms with Gasteiger partial charge in [0.25, 0.3) is 21.2 Å². The summed E-state index contributed by atoms with van der Waals surface area (Å²) >= 11 is 0. The van der Waals surface area contributed by atoms with Gasteiger partial charge in [0.2, 0.25) is 11.7 Å². The van der Waals surface area contributed by atoms with Crippen molar-refractivity contribution in [2.24, 2.45) is 0 Å². The van der Waals surface area contributed by atoms with Gasteiger partial charge in [0.15, 0.2) is 21.6 Å². The van der Waals surface area contributed by atoms with Crippen molar-refractivity contribution in [1.29, 1.82) is 5.72 Å². The molecule has 24 heteroatoms. The van der Waals surface area contributed by atoms with Gasteiger partial charge in [-0.1, -0.05) is 0 Å². The maximum atomic E-state index is 12.8. The van der Waals surface area contributed by atoms with Crippen LogP contribution in [0.1, 0.15) is 15.8 Å². The molecule has 1 fully saturated rings. The number of hydrogen-bond donors (Lipinski definition) is 6. The zero-order valence-corrected chi connectivity index (χ0v) is 19.0. The molecule has 180 valence electrons. The molecule has 2 aromatic heterocycles. The number of phosphoric acid groups is 3. The molecule has 7 atom stereocenters. The van der Waals surface area contributed by atoms with Gasteiger partial charge in [0.1, 0.15) is 19.6 Å². The van der Waals surface area contributed by atoms with E-state index in [1.54, 1.807) is 0 Å². The van der Waals surface area contributed by atoms with Gasteiger partial charge in [-0.3, -0.25) is 28.0 Å². The fourth-order valence-electron chi connectivity index (χ4n) is 1.93. The van der Waals surface area contributed by atoms with E-state index in [2.05, 4.69) is 43.1 Å². The normalized spacial score (nSPS) is 42.4. The van der Waals surface area contributed by atoms with Gasteiger partial charge < -0.3 is 40.3 Å². The molecule has 3 rings (SSSR count). The number of nitrogen functional groups attached to an aromatic ring is 1. The number of H-pyrrole nitrogens is 1. The summed E-state index contributed by atoms with van der Waals surface area (Å²) < 4.78 is 160. The number of aromatic nitrogens is 4. The quantitative estimate of drug-likeness (QED) is 0.0760. The van der Waals surface area contributed by atoms with Crippen LogP contribution in [0.2, 0.25) is 4.24 Å². The van der Waals surface area contributed by atoms with Crippen LogP contribution < -0.4 is 58.8 Å². The van der Waals surface area contributed by atoms with Gasteiger partial charge in [-0.05, 0) is 0 Å². The Bertz CT molecular complexity index is 1750. The fourth-order valence-corrected chi connectivity index (χ4v) is 4.61. The third-order valence-electron chi connectivity index (χ3n) is 2.95. The standard InChI is InChI=1S/C10H16N5O14P3.2Li/c11-10-13-7-4(8(18)14-10)12-2-15(7)9-6(17)5(16)3(27-9)1-26-31(22,23)29-32(24,25)28-30(19,20)21;;/h2-3,5-6,9,16-17H,1H2,(H,22,23)(H,24,25)(H2,19,20,21)(H3,11,13,14,18);;/q;2*+1/p-2/t3-,5-,6?,9-;;/m1../s1/i1D2,2D,3D,5D,6D,9D,11+1,12+1,13+1,14+1,15+1,16D,17D;;/hD5. The molecule has 2 aromatic rings.